The van der Waals surface area contributed by atoms with Crippen molar-refractivity contribution in [2.75, 3.05) is 5.32 Å². The molecular formula is C13H13ClN2O2S. The Bertz CT molecular complexity index is 612. The van der Waals surface area contributed by atoms with Crippen molar-refractivity contribution >= 4 is 34.3 Å². The second-order valence-electron chi connectivity index (χ2n) is 4.31. The number of nitrogens with zero attached hydrogens (tertiary/aromatic N) is 1. The van der Waals surface area contributed by atoms with Gasteiger partial charge in [-0.3, -0.25) is 10.1 Å². The van der Waals surface area contributed by atoms with Crippen molar-refractivity contribution in [3.8, 4) is 0 Å². The van der Waals surface area contributed by atoms with Gasteiger partial charge in [-0.15, -0.1) is 11.3 Å². The third-order valence-electron chi connectivity index (χ3n) is 2.88. The number of anilines is 1. The number of hydrogen-bond donors (Lipinski definition) is 1. The Morgan fingerprint density at radius 3 is 2.68 bits per heavy atom. The van der Waals surface area contributed by atoms with Crippen LogP contribution in [0.15, 0.2) is 29.6 Å². The fourth-order valence-electron chi connectivity index (χ4n) is 1.79. The molecule has 0 spiro atoms. The number of hydrogen-bond acceptors (Lipinski definition) is 4. The monoisotopic (exact) mass is 296 g/mol. The van der Waals surface area contributed by atoms with Crippen LogP contribution in [0.5, 0.6) is 0 Å². The highest BCUT2D eigenvalue weighted by atomic mass is 35.5. The molecule has 1 unspecified atom stereocenters. The average Bonchev–Trinajstić information content (AvgIpc) is 2.78. The van der Waals surface area contributed by atoms with Crippen LogP contribution in [-0.2, 0) is 0 Å². The first-order chi connectivity index (χ1) is 8.97. The van der Waals surface area contributed by atoms with Crippen molar-refractivity contribution in [3.05, 3.63) is 55.2 Å². The van der Waals surface area contributed by atoms with E-state index in [0.717, 1.165) is 21.2 Å². The summed E-state index contributed by atoms with van der Waals surface area (Å²) in [5.41, 5.74) is 2.95. The first-order valence-corrected chi connectivity index (χ1v) is 6.98. The minimum Gasteiger partial charge on any atom is -0.378 e. The van der Waals surface area contributed by atoms with Gasteiger partial charge in [0.25, 0.3) is 5.69 Å². The number of non-ortho nitro benzene ring substituents is 1. The summed E-state index contributed by atoms with van der Waals surface area (Å²) in [6.45, 7) is 3.88. The van der Waals surface area contributed by atoms with Gasteiger partial charge < -0.3 is 5.32 Å². The van der Waals surface area contributed by atoms with E-state index in [-0.39, 0.29) is 11.7 Å². The minimum absolute atomic E-state index is 0.101. The standard InChI is InChI=1S/C13H13ClN2O2S/c1-8-5-11(16(17)18)3-4-12(8)15-9(2)10-6-13(14)19-7-10/h3-7,9,15H,1-2H3. The van der Waals surface area contributed by atoms with E-state index >= 15 is 0 Å². The predicted octanol–water partition coefficient (Wildman–Crippen LogP) is 4.79. The lowest BCUT2D eigenvalue weighted by atomic mass is 10.1. The Hall–Kier alpha value is -1.59. The molecule has 1 aromatic heterocycles. The first-order valence-electron chi connectivity index (χ1n) is 5.73. The Morgan fingerprint density at radius 1 is 1.42 bits per heavy atom. The largest absolute Gasteiger partial charge is 0.378 e. The molecule has 0 amide bonds. The Kier molecular flexibility index (Phi) is 4.07. The normalized spacial score (nSPS) is 12.2. The van der Waals surface area contributed by atoms with Gasteiger partial charge in [0.2, 0.25) is 0 Å². The van der Waals surface area contributed by atoms with E-state index in [1.165, 1.54) is 17.4 Å². The molecule has 1 N–H and O–H groups in total. The van der Waals surface area contributed by atoms with E-state index in [0.29, 0.717) is 0 Å². The van der Waals surface area contributed by atoms with E-state index in [9.17, 15) is 10.1 Å². The van der Waals surface area contributed by atoms with Crippen LogP contribution in [0.25, 0.3) is 0 Å². The second-order valence-corrected chi connectivity index (χ2v) is 5.85. The fraction of sp³-hybridized carbons (Fsp3) is 0.231. The van der Waals surface area contributed by atoms with Crippen molar-refractivity contribution in [3.63, 3.8) is 0 Å². The lowest BCUT2D eigenvalue weighted by Crippen LogP contribution is -2.06. The number of aryl methyl sites for hydroxylation is 1. The zero-order valence-corrected chi connectivity index (χ0v) is 12.1. The Labute approximate surface area is 120 Å². The van der Waals surface area contributed by atoms with Gasteiger partial charge >= 0.3 is 0 Å². The summed E-state index contributed by atoms with van der Waals surface area (Å²) in [4.78, 5) is 10.3. The molecule has 0 aliphatic carbocycles. The van der Waals surface area contributed by atoms with E-state index < -0.39 is 4.92 Å². The topological polar surface area (TPSA) is 55.2 Å². The van der Waals surface area contributed by atoms with Gasteiger partial charge in [-0.25, -0.2) is 0 Å². The van der Waals surface area contributed by atoms with Gasteiger partial charge in [0.05, 0.1) is 9.26 Å². The van der Waals surface area contributed by atoms with Crippen molar-refractivity contribution in [1.82, 2.24) is 0 Å². The maximum atomic E-state index is 10.7. The van der Waals surface area contributed by atoms with Gasteiger partial charge in [0.1, 0.15) is 0 Å². The maximum Gasteiger partial charge on any atom is 0.269 e. The summed E-state index contributed by atoms with van der Waals surface area (Å²) in [6, 6.07) is 6.82. The molecule has 1 heterocycles. The smallest absolute Gasteiger partial charge is 0.269 e. The molecule has 100 valence electrons. The van der Waals surface area contributed by atoms with Crippen molar-refractivity contribution in [2.45, 2.75) is 19.9 Å². The maximum absolute atomic E-state index is 10.7. The molecule has 0 radical (unpaired) electrons. The van der Waals surface area contributed by atoms with Gasteiger partial charge in [-0.2, -0.15) is 0 Å². The lowest BCUT2D eigenvalue weighted by Gasteiger charge is -2.15. The van der Waals surface area contributed by atoms with Crippen molar-refractivity contribution in [2.24, 2.45) is 0 Å². The zero-order chi connectivity index (χ0) is 14.0. The summed E-state index contributed by atoms with van der Waals surface area (Å²) in [7, 11) is 0. The number of nitro benzene ring substituents is 1. The molecule has 2 rings (SSSR count). The molecule has 6 heteroatoms. The van der Waals surface area contributed by atoms with Gasteiger partial charge in [-0.05, 0) is 42.5 Å². The van der Waals surface area contributed by atoms with Crippen LogP contribution in [0, 0.1) is 17.0 Å². The molecule has 4 nitrogen and oxygen atoms in total. The SMILES string of the molecule is Cc1cc([N+](=O)[O-])ccc1NC(C)c1csc(Cl)c1. The molecule has 19 heavy (non-hydrogen) atoms. The molecular weight excluding hydrogens is 284 g/mol. The van der Waals surface area contributed by atoms with Crippen LogP contribution in [0.2, 0.25) is 4.34 Å². The Morgan fingerprint density at radius 2 is 2.16 bits per heavy atom. The van der Waals surface area contributed by atoms with Crippen LogP contribution in [0.1, 0.15) is 24.1 Å². The van der Waals surface area contributed by atoms with Crippen molar-refractivity contribution in [1.29, 1.82) is 0 Å². The molecule has 0 aliphatic rings. The third-order valence-corrected chi connectivity index (χ3v) is 3.99. The average molecular weight is 297 g/mol. The second kappa shape index (κ2) is 5.59. The number of nitro groups is 1. The quantitative estimate of drug-likeness (QED) is 0.652. The summed E-state index contributed by atoms with van der Waals surface area (Å²) in [5.74, 6) is 0. The van der Waals surface area contributed by atoms with Gasteiger partial charge in [0.15, 0.2) is 0 Å². The molecule has 0 saturated heterocycles. The number of nitrogens with one attached hydrogen (secondary N) is 1. The minimum atomic E-state index is -0.390. The van der Waals surface area contributed by atoms with Crippen LogP contribution in [-0.4, -0.2) is 4.92 Å². The van der Waals surface area contributed by atoms with Gasteiger partial charge in [0, 0.05) is 23.9 Å². The third kappa shape index (κ3) is 3.24. The summed E-state index contributed by atoms with van der Waals surface area (Å²) >= 11 is 7.40. The predicted molar refractivity (Wildman–Crippen MR) is 79.2 cm³/mol. The van der Waals surface area contributed by atoms with Crippen LogP contribution < -0.4 is 5.32 Å². The molecule has 0 fully saturated rings. The molecule has 0 aliphatic heterocycles. The molecule has 1 atom stereocenters. The summed E-state index contributed by atoms with van der Waals surface area (Å²) in [6.07, 6.45) is 0. The summed E-state index contributed by atoms with van der Waals surface area (Å²) < 4.78 is 0.754. The number of rotatable bonds is 4. The zero-order valence-electron chi connectivity index (χ0n) is 10.5. The highest BCUT2D eigenvalue weighted by molar-refractivity contribution is 7.14. The first kappa shape index (κ1) is 13.8. The van der Waals surface area contributed by atoms with E-state index in [4.69, 9.17) is 11.6 Å². The highest BCUT2D eigenvalue weighted by Gasteiger charge is 2.11. The lowest BCUT2D eigenvalue weighted by molar-refractivity contribution is -0.384. The number of benzene rings is 1. The molecule has 2 aromatic rings. The summed E-state index contributed by atoms with van der Waals surface area (Å²) in [5, 5.41) is 16.0. The highest BCUT2D eigenvalue weighted by Crippen LogP contribution is 2.29. The van der Waals surface area contributed by atoms with Crippen LogP contribution in [0.4, 0.5) is 11.4 Å². The van der Waals surface area contributed by atoms with Crippen LogP contribution >= 0.6 is 22.9 Å². The number of thiophene rings is 1. The van der Waals surface area contributed by atoms with E-state index in [1.54, 1.807) is 12.1 Å². The van der Waals surface area contributed by atoms with Gasteiger partial charge in [-0.1, -0.05) is 11.6 Å². The van der Waals surface area contributed by atoms with E-state index in [2.05, 4.69) is 5.32 Å². The number of halogens is 1. The Balaban J connectivity index is 2.17. The molecule has 0 bridgehead atoms. The van der Waals surface area contributed by atoms with Crippen LogP contribution in [0.3, 0.4) is 0 Å². The fourth-order valence-corrected chi connectivity index (χ4v) is 2.77. The molecule has 1 aromatic carbocycles. The van der Waals surface area contributed by atoms with E-state index in [1.807, 2.05) is 25.3 Å². The van der Waals surface area contributed by atoms with Crippen molar-refractivity contribution < 1.29 is 4.92 Å². The molecule has 0 saturated carbocycles.